The van der Waals surface area contributed by atoms with E-state index in [4.69, 9.17) is 5.73 Å². The van der Waals surface area contributed by atoms with Crippen LogP contribution in [0.4, 0.5) is 5.69 Å². The van der Waals surface area contributed by atoms with E-state index in [0.717, 1.165) is 4.90 Å². The van der Waals surface area contributed by atoms with Gasteiger partial charge >= 0.3 is 0 Å². The molecule has 2 heterocycles. The highest BCUT2D eigenvalue weighted by molar-refractivity contribution is 6.30. The molecular weight excluding hydrogens is 258 g/mol. The standard InChI is InChI=1S/C14H15N3O3/c1-7-5-16-6-9(7)13(19)17-12(18)8-3-2-4-10(15)11(8)14(17)20/h2-4,7,9,16H,5-6,15H2,1H3. The lowest BCUT2D eigenvalue weighted by Gasteiger charge is -2.19. The van der Waals surface area contributed by atoms with Gasteiger partial charge in [0.05, 0.1) is 17.0 Å². The van der Waals surface area contributed by atoms with E-state index in [9.17, 15) is 14.4 Å². The molecule has 2 atom stereocenters. The van der Waals surface area contributed by atoms with E-state index in [0.29, 0.717) is 13.1 Å². The molecular formula is C14H15N3O3. The van der Waals surface area contributed by atoms with Gasteiger partial charge in [-0.25, -0.2) is 4.90 Å². The maximum Gasteiger partial charge on any atom is 0.270 e. The third-order valence-corrected chi connectivity index (χ3v) is 4.00. The summed E-state index contributed by atoms with van der Waals surface area (Å²) in [5.74, 6) is -1.86. The van der Waals surface area contributed by atoms with Crippen LogP contribution in [0.1, 0.15) is 27.6 Å². The van der Waals surface area contributed by atoms with Crippen LogP contribution in [-0.4, -0.2) is 35.7 Å². The molecule has 3 rings (SSSR count). The van der Waals surface area contributed by atoms with Crippen molar-refractivity contribution >= 4 is 23.4 Å². The third kappa shape index (κ3) is 1.65. The minimum atomic E-state index is -0.604. The Hall–Kier alpha value is -2.21. The first kappa shape index (κ1) is 12.8. The minimum absolute atomic E-state index is 0.101. The number of imide groups is 3. The number of rotatable bonds is 1. The number of benzene rings is 1. The van der Waals surface area contributed by atoms with Crippen molar-refractivity contribution in [1.82, 2.24) is 10.2 Å². The largest absolute Gasteiger partial charge is 0.398 e. The summed E-state index contributed by atoms with van der Waals surface area (Å²) in [6.45, 7) is 3.12. The monoisotopic (exact) mass is 273 g/mol. The number of carbonyl (C=O) groups excluding carboxylic acids is 3. The van der Waals surface area contributed by atoms with E-state index in [1.807, 2.05) is 6.92 Å². The molecule has 104 valence electrons. The van der Waals surface area contributed by atoms with Crippen molar-refractivity contribution in [1.29, 1.82) is 0 Å². The van der Waals surface area contributed by atoms with E-state index < -0.39 is 17.7 Å². The quantitative estimate of drug-likeness (QED) is 0.565. The van der Waals surface area contributed by atoms with Crippen LogP contribution in [0.15, 0.2) is 18.2 Å². The average molecular weight is 273 g/mol. The molecule has 20 heavy (non-hydrogen) atoms. The van der Waals surface area contributed by atoms with Gasteiger partial charge in [-0.05, 0) is 24.6 Å². The second-order valence-electron chi connectivity index (χ2n) is 5.30. The van der Waals surface area contributed by atoms with Gasteiger partial charge in [-0.2, -0.15) is 0 Å². The Labute approximate surface area is 115 Å². The second-order valence-corrected chi connectivity index (χ2v) is 5.30. The zero-order chi connectivity index (χ0) is 14.4. The van der Waals surface area contributed by atoms with Gasteiger partial charge in [0.25, 0.3) is 11.8 Å². The van der Waals surface area contributed by atoms with Crippen LogP contribution in [0, 0.1) is 11.8 Å². The molecule has 0 aliphatic carbocycles. The van der Waals surface area contributed by atoms with Gasteiger partial charge in [-0.3, -0.25) is 14.4 Å². The zero-order valence-electron chi connectivity index (χ0n) is 11.1. The van der Waals surface area contributed by atoms with Crippen molar-refractivity contribution in [2.45, 2.75) is 6.92 Å². The smallest absolute Gasteiger partial charge is 0.270 e. The summed E-state index contributed by atoms with van der Waals surface area (Å²) in [6.07, 6.45) is 0. The molecule has 2 aliphatic rings. The topological polar surface area (TPSA) is 92.5 Å². The number of nitrogens with zero attached hydrogens (tertiary/aromatic N) is 1. The summed E-state index contributed by atoms with van der Waals surface area (Å²) in [4.78, 5) is 37.8. The first-order chi connectivity index (χ1) is 9.52. The SMILES string of the molecule is CC1CNCC1C(=O)N1C(=O)c2cccc(N)c2C1=O. The van der Waals surface area contributed by atoms with Crippen molar-refractivity contribution < 1.29 is 14.4 Å². The highest BCUT2D eigenvalue weighted by Crippen LogP contribution is 2.30. The molecule has 0 aromatic heterocycles. The van der Waals surface area contributed by atoms with Gasteiger partial charge < -0.3 is 11.1 Å². The van der Waals surface area contributed by atoms with E-state index in [1.165, 1.54) is 6.07 Å². The molecule has 1 aromatic rings. The predicted molar refractivity (Wildman–Crippen MR) is 71.9 cm³/mol. The first-order valence-electron chi connectivity index (χ1n) is 6.54. The summed E-state index contributed by atoms with van der Waals surface area (Å²) in [6, 6.07) is 4.68. The third-order valence-electron chi connectivity index (χ3n) is 4.00. The van der Waals surface area contributed by atoms with Crippen molar-refractivity contribution in [3.8, 4) is 0 Å². The number of fused-ring (bicyclic) bond motifs is 1. The van der Waals surface area contributed by atoms with Gasteiger partial charge in [0.15, 0.2) is 0 Å². The van der Waals surface area contributed by atoms with Crippen molar-refractivity contribution in [3.63, 3.8) is 0 Å². The fourth-order valence-electron chi connectivity index (χ4n) is 2.82. The lowest BCUT2D eigenvalue weighted by molar-refractivity contribution is -0.130. The number of hydrogen-bond donors (Lipinski definition) is 2. The van der Waals surface area contributed by atoms with Crippen molar-refractivity contribution in [2.24, 2.45) is 11.8 Å². The molecule has 2 unspecified atom stereocenters. The Morgan fingerprint density at radius 2 is 2.05 bits per heavy atom. The van der Waals surface area contributed by atoms with Crippen molar-refractivity contribution in [2.75, 3.05) is 18.8 Å². The molecule has 3 amide bonds. The fraction of sp³-hybridized carbons (Fsp3) is 0.357. The molecule has 1 saturated heterocycles. The van der Waals surface area contributed by atoms with Crippen LogP contribution in [0.25, 0.3) is 0 Å². The molecule has 0 spiro atoms. The van der Waals surface area contributed by atoms with Gasteiger partial charge in [-0.1, -0.05) is 13.0 Å². The molecule has 1 aromatic carbocycles. The number of anilines is 1. The number of nitrogens with two attached hydrogens (primary N) is 1. The molecule has 3 N–H and O–H groups in total. The summed E-state index contributed by atoms with van der Waals surface area (Å²) in [5.41, 5.74) is 6.33. The highest BCUT2D eigenvalue weighted by atomic mass is 16.2. The number of carbonyl (C=O) groups is 3. The van der Waals surface area contributed by atoms with Gasteiger partial charge in [0.1, 0.15) is 0 Å². The van der Waals surface area contributed by atoms with Crippen LogP contribution < -0.4 is 11.1 Å². The van der Waals surface area contributed by atoms with Gasteiger partial charge in [0, 0.05) is 12.2 Å². The van der Waals surface area contributed by atoms with Crippen LogP contribution in [-0.2, 0) is 4.79 Å². The normalized spacial score (nSPS) is 25.1. The first-order valence-corrected chi connectivity index (χ1v) is 6.54. The molecule has 2 aliphatic heterocycles. The van der Waals surface area contributed by atoms with Crippen LogP contribution in [0.5, 0.6) is 0 Å². The lowest BCUT2D eigenvalue weighted by atomic mass is 9.96. The molecule has 0 saturated carbocycles. The second kappa shape index (κ2) is 4.42. The Kier molecular flexibility index (Phi) is 2.83. The zero-order valence-corrected chi connectivity index (χ0v) is 11.1. The van der Waals surface area contributed by atoms with Gasteiger partial charge in [0.2, 0.25) is 5.91 Å². The summed E-state index contributed by atoms with van der Waals surface area (Å²) >= 11 is 0. The number of hydrogen-bond acceptors (Lipinski definition) is 5. The molecule has 6 nitrogen and oxygen atoms in total. The van der Waals surface area contributed by atoms with E-state index in [1.54, 1.807) is 12.1 Å². The number of nitrogen functional groups attached to an aromatic ring is 1. The summed E-state index contributed by atoms with van der Waals surface area (Å²) in [5, 5.41) is 3.09. The van der Waals surface area contributed by atoms with Crippen LogP contribution in [0.3, 0.4) is 0 Å². The Balaban J connectivity index is 1.98. The van der Waals surface area contributed by atoms with Gasteiger partial charge in [-0.15, -0.1) is 0 Å². The van der Waals surface area contributed by atoms with Crippen LogP contribution >= 0.6 is 0 Å². The molecule has 0 radical (unpaired) electrons. The van der Waals surface area contributed by atoms with E-state index in [-0.39, 0.29) is 28.7 Å². The molecule has 1 fully saturated rings. The maximum atomic E-state index is 12.5. The lowest BCUT2D eigenvalue weighted by Crippen LogP contribution is -2.42. The highest BCUT2D eigenvalue weighted by Gasteiger charge is 2.45. The minimum Gasteiger partial charge on any atom is -0.398 e. The Morgan fingerprint density at radius 3 is 2.65 bits per heavy atom. The predicted octanol–water partition coefficient (Wildman–Crippen LogP) is 0.247. The van der Waals surface area contributed by atoms with E-state index >= 15 is 0 Å². The fourth-order valence-corrected chi connectivity index (χ4v) is 2.82. The summed E-state index contributed by atoms with van der Waals surface area (Å²) in [7, 11) is 0. The van der Waals surface area contributed by atoms with Crippen LogP contribution in [0.2, 0.25) is 0 Å². The number of amides is 3. The maximum absolute atomic E-state index is 12.5. The number of nitrogens with one attached hydrogen (secondary N) is 1. The average Bonchev–Trinajstić information content (AvgIpc) is 2.93. The molecule has 6 heteroatoms. The van der Waals surface area contributed by atoms with E-state index in [2.05, 4.69) is 5.32 Å². The Bertz CT molecular complexity index is 626. The molecule has 0 bridgehead atoms. The van der Waals surface area contributed by atoms with Crippen molar-refractivity contribution in [3.05, 3.63) is 29.3 Å². The Morgan fingerprint density at radius 1 is 1.30 bits per heavy atom. The summed E-state index contributed by atoms with van der Waals surface area (Å²) < 4.78 is 0.